The largest absolute Gasteiger partial charge is 0.392 e. The topological polar surface area (TPSA) is 32.3 Å². The van der Waals surface area contributed by atoms with E-state index < -0.39 is 0 Å². The van der Waals surface area contributed by atoms with Crippen molar-refractivity contribution in [1.29, 1.82) is 0 Å². The summed E-state index contributed by atoms with van der Waals surface area (Å²) in [5, 5.41) is 13.3. The monoisotopic (exact) mass is 211 g/mol. The third-order valence-corrected chi connectivity index (χ3v) is 4.80. The first-order valence-corrected chi connectivity index (χ1v) is 6.35. The van der Waals surface area contributed by atoms with E-state index in [9.17, 15) is 5.11 Å². The van der Waals surface area contributed by atoms with E-state index in [0.29, 0.717) is 11.5 Å². The molecule has 15 heavy (non-hydrogen) atoms. The van der Waals surface area contributed by atoms with Crippen LogP contribution in [0.25, 0.3) is 0 Å². The highest BCUT2D eigenvalue weighted by Gasteiger charge is 2.47. The Labute approximate surface area is 93.5 Å². The normalized spacial score (nSPS) is 37.6. The van der Waals surface area contributed by atoms with Gasteiger partial charge in [0.05, 0.1) is 6.10 Å². The number of rotatable bonds is 3. The Bertz CT molecular complexity index is 231. The van der Waals surface area contributed by atoms with E-state index in [1.807, 2.05) is 0 Å². The van der Waals surface area contributed by atoms with Crippen molar-refractivity contribution in [3.8, 4) is 0 Å². The smallest absolute Gasteiger partial charge is 0.0621 e. The molecule has 2 nitrogen and oxygen atoms in total. The Kier molecular flexibility index (Phi) is 2.85. The van der Waals surface area contributed by atoms with Gasteiger partial charge in [-0.1, -0.05) is 33.6 Å². The molecule has 2 heteroatoms. The van der Waals surface area contributed by atoms with Gasteiger partial charge in [-0.3, -0.25) is 0 Å². The van der Waals surface area contributed by atoms with Crippen LogP contribution in [0, 0.1) is 10.8 Å². The van der Waals surface area contributed by atoms with Gasteiger partial charge in [-0.05, 0) is 24.7 Å². The summed E-state index contributed by atoms with van der Waals surface area (Å²) in [5.41, 5.74) is 0.603. The van der Waals surface area contributed by atoms with E-state index in [-0.39, 0.29) is 11.5 Å². The van der Waals surface area contributed by atoms with Crippen LogP contribution in [0.2, 0.25) is 0 Å². The molecule has 0 aliphatic heterocycles. The van der Waals surface area contributed by atoms with Crippen LogP contribution in [0.1, 0.15) is 52.9 Å². The van der Waals surface area contributed by atoms with Gasteiger partial charge in [-0.25, -0.2) is 0 Å². The highest BCUT2D eigenvalue weighted by Crippen LogP contribution is 2.42. The van der Waals surface area contributed by atoms with Crippen LogP contribution in [0.4, 0.5) is 0 Å². The van der Waals surface area contributed by atoms with Gasteiger partial charge in [-0.15, -0.1) is 0 Å². The van der Waals surface area contributed by atoms with Crippen LogP contribution in [-0.2, 0) is 0 Å². The predicted octanol–water partition coefficient (Wildman–Crippen LogP) is 2.32. The maximum atomic E-state index is 9.66. The SMILES string of the molecule is CC1(CNC2CC(O)C2(C)C)CCCC1. The molecular weight excluding hydrogens is 186 g/mol. The quantitative estimate of drug-likeness (QED) is 0.751. The second-order valence-corrected chi connectivity index (χ2v) is 6.52. The molecule has 2 unspecified atom stereocenters. The van der Waals surface area contributed by atoms with Crippen LogP contribution in [0.15, 0.2) is 0 Å². The number of hydrogen-bond acceptors (Lipinski definition) is 2. The summed E-state index contributed by atoms with van der Waals surface area (Å²) in [6.45, 7) is 7.86. The Hall–Kier alpha value is -0.0800. The van der Waals surface area contributed by atoms with Crippen molar-refractivity contribution >= 4 is 0 Å². The highest BCUT2D eigenvalue weighted by atomic mass is 16.3. The molecular formula is C13H25NO. The molecule has 0 bridgehead atoms. The van der Waals surface area contributed by atoms with Crippen LogP contribution < -0.4 is 5.32 Å². The fourth-order valence-electron chi connectivity index (χ4n) is 3.02. The van der Waals surface area contributed by atoms with E-state index in [1.165, 1.54) is 25.7 Å². The molecule has 0 spiro atoms. The summed E-state index contributed by atoms with van der Waals surface area (Å²) in [6.07, 6.45) is 6.37. The van der Waals surface area contributed by atoms with Crippen LogP contribution in [0.5, 0.6) is 0 Å². The predicted molar refractivity (Wildman–Crippen MR) is 62.8 cm³/mol. The molecule has 2 fully saturated rings. The second-order valence-electron chi connectivity index (χ2n) is 6.52. The fourth-order valence-corrected chi connectivity index (χ4v) is 3.02. The Balaban J connectivity index is 1.79. The molecule has 0 heterocycles. The van der Waals surface area contributed by atoms with Crippen molar-refractivity contribution in [2.24, 2.45) is 10.8 Å². The first-order chi connectivity index (χ1) is 6.94. The van der Waals surface area contributed by atoms with Gasteiger partial charge in [0.25, 0.3) is 0 Å². The molecule has 2 N–H and O–H groups in total. The lowest BCUT2D eigenvalue weighted by atomic mass is 9.64. The lowest BCUT2D eigenvalue weighted by molar-refractivity contribution is -0.0747. The van der Waals surface area contributed by atoms with Gasteiger partial charge < -0.3 is 10.4 Å². The van der Waals surface area contributed by atoms with Crippen molar-refractivity contribution in [3.05, 3.63) is 0 Å². The molecule has 0 amide bonds. The first-order valence-electron chi connectivity index (χ1n) is 6.35. The second kappa shape index (κ2) is 3.74. The van der Waals surface area contributed by atoms with Crippen LogP contribution >= 0.6 is 0 Å². The summed E-state index contributed by atoms with van der Waals surface area (Å²) >= 11 is 0. The summed E-state index contributed by atoms with van der Waals surface area (Å²) in [7, 11) is 0. The van der Waals surface area contributed by atoms with Crippen molar-refractivity contribution in [2.45, 2.75) is 65.0 Å². The van der Waals surface area contributed by atoms with Crippen molar-refractivity contribution in [1.82, 2.24) is 5.32 Å². The van der Waals surface area contributed by atoms with Gasteiger partial charge in [0.1, 0.15) is 0 Å². The summed E-state index contributed by atoms with van der Waals surface area (Å²) in [6, 6.07) is 0.518. The van der Waals surface area contributed by atoms with Crippen LogP contribution in [0.3, 0.4) is 0 Å². The van der Waals surface area contributed by atoms with Gasteiger partial charge >= 0.3 is 0 Å². The molecule has 2 aliphatic rings. The number of aliphatic hydroxyl groups is 1. The average molecular weight is 211 g/mol. The van der Waals surface area contributed by atoms with E-state index in [0.717, 1.165) is 13.0 Å². The fraction of sp³-hybridized carbons (Fsp3) is 1.00. The zero-order chi connectivity index (χ0) is 11.1. The summed E-state index contributed by atoms with van der Waals surface area (Å²) in [4.78, 5) is 0. The zero-order valence-electron chi connectivity index (χ0n) is 10.3. The third-order valence-electron chi connectivity index (χ3n) is 4.80. The highest BCUT2D eigenvalue weighted by molar-refractivity contribution is 5.02. The Morgan fingerprint density at radius 2 is 1.80 bits per heavy atom. The van der Waals surface area contributed by atoms with E-state index in [1.54, 1.807) is 0 Å². The van der Waals surface area contributed by atoms with Crippen molar-refractivity contribution in [3.63, 3.8) is 0 Å². The number of nitrogens with one attached hydrogen (secondary N) is 1. The standard InChI is InChI=1S/C13H25NO/c1-12(2)10(8-11(12)15)14-9-13(3)6-4-5-7-13/h10-11,14-15H,4-9H2,1-3H3. The van der Waals surface area contributed by atoms with E-state index >= 15 is 0 Å². The minimum Gasteiger partial charge on any atom is -0.392 e. The number of aliphatic hydroxyl groups excluding tert-OH is 1. The van der Waals surface area contributed by atoms with Crippen LogP contribution in [-0.4, -0.2) is 23.8 Å². The van der Waals surface area contributed by atoms with Gasteiger partial charge in [-0.2, -0.15) is 0 Å². The lowest BCUT2D eigenvalue weighted by Crippen LogP contribution is -2.61. The molecule has 0 aromatic rings. The Morgan fingerprint density at radius 3 is 2.27 bits per heavy atom. The van der Waals surface area contributed by atoms with Gasteiger partial charge in [0, 0.05) is 18.0 Å². The molecule has 2 rings (SSSR count). The van der Waals surface area contributed by atoms with E-state index in [2.05, 4.69) is 26.1 Å². The minimum atomic E-state index is -0.105. The summed E-state index contributed by atoms with van der Waals surface area (Å²) in [5.74, 6) is 0. The lowest BCUT2D eigenvalue weighted by Gasteiger charge is -2.50. The molecule has 0 aromatic heterocycles. The molecule has 0 radical (unpaired) electrons. The Morgan fingerprint density at radius 1 is 1.20 bits per heavy atom. The molecule has 2 saturated carbocycles. The van der Waals surface area contributed by atoms with Gasteiger partial charge in [0.2, 0.25) is 0 Å². The zero-order valence-corrected chi connectivity index (χ0v) is 10.3. The molecule has 2 aliphatic carbocycles. The van der Waals surface area contributed by atoms with Crippen molar-refractivity contribution in [2.75, 3.05) is 6.54 Å². The number of hydrogen-bond donors (Lipinski definition) is 2. The maximum Gasteiger partial charge on any atom is 0.0621 e. The third kappa shape index (κ3) is 2.07. The molecule has 88 valence electrons. The molecule has 0 saturated heterocycles. The maximum absolute atomic E-state index is 9.66. The van der Waals surface area contributed by atoms with E-state index in [4.69, 9.17) is 0 Å². The van der Waals surface area contributed by atoms with Gasteiger partial charge in [0.15, 0.2) is 0 Å². The first kappa shape index (κ1) is 11.4. The molecule has 0 aromatic carbocycles. The van der Waals surface area contributed by atoms with Crippen molar-refractivity contribution < 1.29 is 5.11 Å². The molecule has 2 atom stereocenters. The minimum absolute atomic E-state index is 0.0783. The summed E-state index contributed by atoms with van der Waals surface area (Å²) < 4.78 is 0. The average Bonchev–Trinajstić information content (AvgIpc) is 2.60.